The number of halogens is 2. The van der Waals surface area contributed by atoms with Crippen molar-refractivity contribution >= 4 is 11.6 Å². The van der Waals surface area contributed by atoms with Crippen molar-refractivity contribution in [2.24, 2.45) is 0 Å². The molecule has 0 aliphatic carbocycles. The highest BCUT2D eigenvalue weighted by molar-refractivity contribution is 5.77. The lowest BCUT2D eigenvalue weighted by Crippen LogP contribution is -2.45. The fourth-order valence-electron chi connectivity index (χ4n) is 3.55. The van der Waals surface area contributed by atoms with Gasteiger partial charge in [-0.25, -0.2) is 8.78 Å². The molecular weight excluding hydrogens is 386 g/mol. The van der Waals surface area contributed by atoms with Gasteiger partial charge in [-0.1, -0.05) is 36.4 Å². The molecule has 0 aromatic heterocycles. The van der Waals surface area contributed by atoms with E-state index in [-0.39, 0.29) is 30.0 Å². The Bertz CT molecular complexity index is 1010. The molecule has 1 aliphatic rings. The number of benzene rings is 3. The highest BCUT2D eigenvalue weighted by Gasteiger charge is 2.29. The highest BCUT2D eigenvalue weighted by atomic mass is 19.1. The molecule has 154 valence electrons. The third-order valence-corrected chi connectivity index (χ3v) is 5.14. The number of carbonyl (C=O) groups excluding carboxylic acids is 1. The molecule has 0 fully saturated rings. The largest absolute Gasteiger partial charge is 0.489 e. The van der Waals surface area contributed by atoms with Gasteiger partial charge in [-0.15, -0.1) is 0 Å². The monoisotopic (exact) mass is 408 g/mol. The van der Waals surface area contributed by atoms with Crippen LogP contribution >= 0.6 is 0 Å². The van der Waals surface area contributed by atoms with E-state index in [1.807, 2.05) is 24.3 Å². The van der Waals surface area contributed by atoms with Gasteiger partial charge in [0.15, 0.2) is 0 Å². The Hall–Kier alpha value is -3.41. The van der Waals surface area contributed by atoms with E-state index in [2.05, 4.69) is 10.2 Å². The minimum Gasteiger partial charge on any atom is -0.489 e. The zero-order valence-corrected chi connectivity index (χ0v) is 16.4. The summed E-state index contributed by atoms with van der Waals surface area (Å²) in [6.45, 7) is 1.25. The molecule has 1 N–H and O–H groups in total. The zero-order valence-electron chi connectivity index (χ0n) is 16.4. The van der Waals surface area contributed by atoms with Crippen LogP contribution in [-0.4, -0.2) is 18.6 Å². The van der Waals surface area contributed by atoms with Crippen molar-refractivity contribution in [2.75, 3.05) is 11.5 Å². The van der Waals surface area contributed by atoms with E-state index in [1.165, 1.54) is 24.3 Å². The van der Waals surface area contributed by atoms with E-state index >= 15 is 0 Å². The number of amides is 1. The van der Waals surface area contributed by atoms with Crippen LogP contribution in [-0.2, 0) is 17.9 Å². The van der Waals surface area contributed by atoms with Crippen LogP contribution in [0.25, 0.3) is 0 Å². The second kappa shape index (κ2) is 8.95. The van der Waals surface area contributed by atoms with Crippen LogP contribution in [0.2, 0.25) is 0 Å². The summed E-state index contributed by atoms with van der Waals surface area (Å²) in [4.78, 5) is 14.7. The van der Waals surface area contributed by atoms with Gasteiger partial charge in [0.05, 0.1) is 18.2 Å². The molecule has 30 heavy (non-hydrogen) atoms. The normalized spacial score (nSPS) is 15.3. The van der Waals surface area contributed by atoms with Crippen molar-refractivity contribution in [3.63, 3.8) is 0 Å². The molecular formula is C24H22F2N2O2. The highest BCUT2D eigenvalue weighted by Crippen LogP contribution is 2.35. The quantitative estimate of drug-likeness (QED) is 0.656. The second-order valence-electron chi connectivity index (χ2n) is 7.29. The maximum atomic E-state index is 13.3. The van der Waals surface area contributed by atoms with Gasteiger partial charge in [-0.05, 0) is 47.5 Å². The minimum absolute atomic E-state index is 0.114. The number of para-hydroxylation sites is 2. The maximum absolute atomic E-state index is 13.3. The molecule has 0 spiro atoms. The number of ether oxygens (including phenoxy) is 1. The lowest BCUT2D eigenvalue weighted by Gasteiger charge is -2.38. The molecule has 0 bridgehead atoms. The molecule has 1 amide bonds. The average Bonchev–Trinajstić information content (AvgIpc) is 2.76. The van der Waals surface area contributed by atoms with Crippen LogP contribution in [0.1, 0.15) is 17.5 Å². The van der Waals surface area contributed by atoms with Crippen LogP contribution in [0.15, 0.2) is 72.8 Å². The van der Waals surface area contributed by atoms with Crippen LogP contribution in [0.3, 0.4) is 0 Å². The Kier molecular flexibility index (Phi) is 5.93. The number of carbonyl (C=O) groups is 1. The number of anilines is 1. The number of rotatable bonds is 6. The second-order valence-corrected chi connectivity index (χ2v) is 7.29. The van der Waals surface area contributed by atoms with Gasteiger partial charge in [0.25, 0.3) is 0 Å². The molecule has 1 heterocycles. The van der Waals surface area contributed by atoms with Crippen LogP contribution in [0.4, 0.5) is 14.5 Å². The predicted molar refractivity (Wildman–Crippen MR) is 111 cm³/mol. The van der Waals surface area contributed by atoms with E-state index in [0.29, 0.717) is 19.7 Å². The summed E-state index contributed by atoms with van der Waals surface area (Å²) >= 11 is 0. The van der Waals surface area contributed by atoms with Crippen molar-refractivity contribution in [3.05, 3.63) is 95.6 Å². The third kappa shape index (κ3) is 4.76. The smallest absolute Gasteiger partial charge is 0.222 e. The van der Waals surface area contributed by atoms with Gasteiger partial charge >= 0.3 is 0 Å². The standard InChI is InChI=1S/C24H22F2N2O2/c25-19-9-5-17(6-10-19)14-27-24(29)13-21-16-30-23-4-2-1-3-22(23)28(21)15-18-7-11-20(26)12-8-18/h1-12,21H,13-16H2,(H,27,29). The number of hydrogen-bond acceptors (Lipinski definition) is 3. The molecule has 0 radical (unpaired) electrons. The van der Waals surface area contributed by atoms with Crippen molar-refractivity contribution < 1.29 is 18.3 Å². The Labute approximate surface area is 174 Å². The molecule has 6 heteroatoms. The zero-order chi connectivity index (χ0) is 20.9. The van der Waals surface area contributed by atoms with E-state index < -0.39 is 0 Å². The first kappa shape index (κ1) is 19.9. The summed E-state index contributed by atoms with van der Waals surface area (Å²) < 4.78 is 32.2. The Morgan fingerprint density at radius 1 is 0.933 bits per heavy atom. The number of hydrogen-bond donors (Lipinski definition) is 1. The van der Waals surface area contributed by atoms with Crippen molar-refractivity contribution in [1.82, 2.24) is 5.32 Å². The van der Waals surface area contributed by atoms with Crippen molar-refractivity contribution in [3.8, 4) is 5.75 Å². The Morgan fingerprint density at radius 3 is 2.27 bits per heavy atom. The number of fused-ring (bicyclic) bond motifs is 1. The summed E-state index contributed by atoms with van der Waals surface area (Å²) in [6, 6.07) is 19.9. The van der Waals surface area contributed by atoms with Gasteiger partial charge in [0.2, 0.25) is 5.91 Å². The van der Waals surface area contributed by atoms with Gasteiger partial charge in [0.1, 0.15) is 24.0 Å². The topological polar surface area (TPSA) is 41.6 Å². The van der Waals surface area contributed by atoms with Crippen LogP contribution in [0.5, 0.6) is 5.75 Å². The van der Waals surface area contributed by atoms with Crippen LogP contribution in [0, 0.1) is 11.6 Å². The maximum Gasteiger partial charge on any atom is 0.222 e. The van der Waals surface area contributed by atoms with Gasteiger partial charge in [0, 0.05) is 13.1 Å². The summed E-state index contributed by atoms with van der Waals surface area (Å²) in [5, 5.41) is 2.89. The number of nitrogens with one attached hydrogen (secondary N) is 1. The Morgan fingerprint density at radius 2 is 1.57 bits per heavy atom. The first-order valence-electron chi connectivity index (χ1n) is 9.82. The van der Waals surface area contributed by atoms with E-state index in [1.54, 1.807) is 24.3 Å². The molecule has 1 unspecified atom stereocenters. The molecule has 4 rings (SSSR count). The molecule has 3 aromatic carbocycles. The molecule has 0 saturated carbocycles. The number of nitrogens with zero attached hydrogens (tertiary/aromatic N) is 1. The average molecular weight is 408 g/mol. The lowest BCUT2D eigenvalue weighted by molar-refractivity contribution is -0.121. The summed E-state index contributed by atoms with van der Waals surface area (Å²) in [5.74, 6) is 0.0661. The lowest BCUT2D eigenvalue weighted by atomic mass is 10.1. The fourth-order valence-corrected chi connectivity index (χ4v) is 3.55. The van der Waals surface area contributed by atoms with Gasteiger partial charge < -0.3 is 15.0 Å². The minimum atomic E-state index is -0.306. The first-order chi connectivity index (χ1) is 14.6. The third-order valence-electron chi connectivity index (χ3n) is 5.14. The SMILES string of the molecule is O=C(CC1COc2ccccc2N1Cc1ccc(F)cc1)NCc1ccc(F)cc1. The van der Waals surface area contributed by atoms with E-state index in [9.17, 15) is 13.6 Å². The first-order valence-corrected chi connectivity index (χ1v) is 9.82. The van der Waals surface area contributed by atoms with E-state index in [0.717, 1.165) is 22.6 Å². The van der Waals surface area contributed by atoms with Crippen molar-refractivity contribution in [2.45, 2.75) is 25.6 Å². The Balaban J connectivity index is 1.46. The molecule has 4 nitrogen and oxygen atoms in total. The fraction of sp³-hybridized carbons (Fsp3) is 0.208. The van der Waals surface area contributed by atoms with Gasteiger partial charge in [-0.2, -0.15) is 0 Å². The van der Waals surface area contributed by atoms with Crippen LogP contribution < -0.4 is 15.0 Å². The molecule has 1 aliphatic heterocycles. The summed E-state index contributed by atoms with van der Waals surface area (Å²) in [5.41, 5.74) is 2.69. The predicted octanol–water partition coefficient (Wildman–Crippen LogP) is 4.44. The van der Waals surface area contributed by atoms with Crippen molar-refractivity contribution in [1.29, 1.82) is 0 Å². The van der Waals surface area contributed by atoms with E-state index in [4.69, 9.17) is 4.74 Å². The molecule has 1 atom stereocenters. The van der Waals surface area contributed by atoms with Gasteiger partial charge in [-0.3, -0.25) is 4.79 Å². The summed E-state index contributed by atoms with van der Waals surface area (Å²) in [7, 11) is 0. The molecule has 0 saturated heterocycles. The molecule has 3 aromatic rings. The summed E-state index contributed by atoms with van der Waals surface area (Å²) in [6.07, 6.45) is 0.247.